The Bertz CT molecular complexity index is 807. The molecule has 7 heteroatoms. The Balaban J connectivity index is 1.62. The number of sulfonamides is 1. The van der Waals surface area contributed by atoms with E-state index >= 15 is 0 Å². The molecule has 1 saturated heterocycles. The molecule has 2 bridgehead atoms. The van der Waals surface area contributed by atoms with E-state index in [1.165, 1.54) is 11.8 Å². The lowest BCUT2D eigenvalue weighted by molar-refractivity contribution is -0.0335. The zero-order chi connectivity index (χ0) is 21.1. The number of hydrogen-bond donors (Lipinski definition) is 1. The molecule has 3 aliphatic heterocycles. The molecular weight excluding hydrogens is 400 g/mol. The minimum Gasteiger partial charge on any atom is -0.489 e. The van der Waals surface area contributed by atoms with E-state index in [2.05, 4.69) is 40.8 Å². The molecule has 5 rings (SSSR count). The highest BCUT2D eigenvalue weighted by Crippen LogP contribution is 2.39. The van der Waals surface area contributed by atoms with Crippen molar-refractivity contribution < 1.29 is 17.9 Å². The summed E-state index contributed by atoms with van der Waals surface area (Å²) >= 11 is 0. The molecular formula is C23H36N2O4S. The number of hydrogen-bond acceptors (Lipinski definition) is 5. The van der Waals surface area contributed by atoms with Crippen molar-refractivity contribution >= 4 is 10.0 Å². The van der Waals surface area contributed by atoms with E-state index < -0.39 is 10.0 Å². The van der Waals surface area contributed by atoms with E-state index in [1.54, 1.807) is 0 Å². The first-order valence-electron chi connectivity index (χ1n) is 11.5. The standard InChI is InChI=1S/C23H36N2O4S/c1-3-18-15-25-14-6-8-21(24-30(2,26)27)22(25)16-28-19-12-10-17(11-13-19)20-7-4-5-9-23(20)29-18/h4-5,7,9,17-19,21-22,24H,3,6,8,10-16H2,1-2H3/t17?,18-,19?,21+,22?/m1/s1. The summed E-state index contributed by atoms with van der Waals surface area (Å²) in [6.07, 6.45) is 8.65. The zero-order valence-corrected chi connectivity index (χ0v) is 19.1. The van der Waals surface area contributed by atoms with Crippen LogP contribution < -0.4 is 9.46 Å². The van der Waals surface area contributed by atoms with Crippen molar-refractivity contribution in [2.75, 3.05) is 26.0 Å². The van der Waals surface area contributed by atoms with Gasteiger partial charge in [0.25, 0.3) is 0 Å². The number of para-hydroxylation sites is 1. The van der Waals surface area contributed by atoms with Crippen molar-refractivity contribution in [3.8, 4) is 5.75 Å². The Labute approximate surface area is 181 Å². The molecule has 30 heavy (non-hydrogen) atoms. The molecule has 4 aliphatic rings. The Morgan fingerprint density at radius 2 is 1.90 bits per heavy atom. The van der Waals surface area contributed by atoms with Crippen LogP contribution in [0.1, 0.15) is 63.4 Å². The first-order valence-corrected chi connectivity index (χ1v) is 13.4. The molecule has 1 aliphatic carbocycles. The second kappa shape index (κ2) is 9.55. The Morgan fingerprint density at radius 3 is 2.63 bits per heavy atom. The third-order valence-corrected chi connectivity index (χ3v) is 7.71. The SMILES string of the molecule is CC[C@@H]1CN2CCC[C@H](NS(C)(=O)=O)C2COC2CCC(CC2)c2ccccc2O1. The maximum absolute atomic E-state index is 12.0. The third kappa shape index (κ3) is 5.36. The molecule has 0 spiro atoms. The van der Waals surface area contributed by atoms with Gasteiger partial charge in [-0.1, -0.05) is 25.1 Å². The summed E-state index contributed by atoms with van der Waals surface area (Å²) in [5.41, 5.74) is 1.33. The van der Waals surface area contributed by atoms with Crippen LogP contribution in [0.2, 0.25) is 0 Å². The summed E-state index contributed by atoms with van der Waals surface area (Å²) in [5, 5.41) is 0. The molecule has 168 valence electrons. The summed E-state index contributed by atoms with van der Waals surface area (Å²) in [6.45, 7) is 4.48. The molecule has 1 N–H and O–H groups in total. The van der Waals surface area contributed by atoms with E-state index in [-0.39, 0.29) is 24.3 Å². The zero-order valence-electron chi connectivity index (χ0n) is 18.3. The minimum atomic E-state index is -3.26. The van der Waals surface area contributed by atoms with E-state index in [1.807, 2.05) is 0 Å². The Kier molecular flexibility index (Phi) is 7.02. The number of fused-ring (bicyclic) bond motifs is 5. The molecule has 6 nitrogen and oxygen atoms in total. The van der Waals surface area contributed by atoms with Crippen LogP contribution in [0.15, 0.2) is 24.3 Å². The van der Waals surface area contributed by atoms with Gasteiger partial charge in [-0.3, -0.25) is 4.90 Å². The summed E-state index contributed by atoms with van der Waals surface area (Å²) < 4.78 is 39.8. The number of nitrogens with one attached hydrogen (secondary N) is 1. The van der Waals surface area contributed by atoms with Crippen LogP contribution in [0.25, 0.3) is 0 Å². The van der Waals surface area contributed by atoms with Crippen molar-refractivity contribution in [1.29, 1.82) is 0 Å². The molecule has 3 heterocycles. The molecule has 2 fully saturated rings. The second-order valence-corrected chi connectivity index (χ2v) is 11.0. The molecule has 1 aromatic carbocycles. The predicted molar refractivity (Wildman–Crippen MR) is 118 cm³/mol. The van der Waals surface area contributed by atoms with Crippen LogP contribution in [-0.4, -0.2) is 63.6 Å². The van der Waals surface area contributed by atoms with Crippen molar-refractivity contribution in [2.45, 2.75) is 82.1 Å². The highest BCUT2D eigenvalue weighted by atomic mass is 32.2. The normalized spacial score (nSPS) is 33.3. The molecule has 1 saturated carbocycles. The molecule has 0 aromatic heterocycles. The third-order valence-electron chi connectivity index (χ3n) is 6.98. The number of benzene rings is 1. The van der Waals surface area contributed by atoms with Gasteiger partial charge in [0.15, 0.2) is 0 Å². The first-order chi connectivity index (χ1) is 14.4. The van der Waals surface area contributed by atoms with Gasteiger partial charge >= 0.3 is 0 Å². The first kappa shape index (κ1) is 22.1. The second-order valence-electron chi connectivity index (χ2n) is 9.19. The van der Waals surface area contributed by atoms with Gasteiger partial charge in [0.2, 0.25) is 10.0 Å². The van der Waals surface area contributed by atoms with E-state index in [0.29, 0.717) is 12.5 Å². The fraction of sp³-hybridized carbons (Fsp3) is 0.739. The Morgan fingerprint density at radius 1 is 1.13 bits per heavy atom. The van der Waals surface area contributed by atoms with E-state index in [9.17, 15) is 8.42 Å². The monoisotopic (exact) mass is 436 g/mol. The summed E-state index contributed by atoms with van der Waals surface area (Å²) in [6, 6.07) is 8.45. The molecule has 1 unspecified atom stereocenters. The lowest BCUT2D eigenvalue weighted by atomic mass is 9.82. The van der Waals surface area contributed by atoms with Gasteiger partial charge in [-0.2, -0.15) is 0 Å². The molecule has 3 atom stereocenters. The van der Waals surface area contributed by atoms with Crippen LogP contribution in [0, 0.1) is 0 Å². The molecule has 0 radical (unpaired) electrons. The van der Waals surface area contributed by atoms with Crippen LogP contribution in [0.4, 0.5) is 0 Å². The predicted octanol–water partition coefficient (Wildman–Crippen LogP) is 3.28. The summed E-state index contributed by atoms with van der Waals surface area (Å²) in [7, 11) is -3.26. The van der Waals surface area contributed by atoms with Gasteiger partial charge in [-0.15, -0.1) is 0 Å². The largest absolute Gasteiger partial charge is 0.489 e. The van der Waals surface area contributed by atoms with E-state index in [0.717, 1.165) is 63.8 Å². The van der Waals surface area contributed by atoms with Crippen molar-refractivity contribution in [2.24, 2.45) is 0 Å². The number of ether oxygens (including phenoxy) is 2. The van der Waals surface area contributed by atoms with Gasteiger partial charge < -0.3 is 9.47 Å². The summed E-state index contributed by atoms with van der Waals surface area (Å²) in [5.74, 6) is 1.55. The summed E-state index contributed by atoms with van der Waals surface area (Å²) in [4.78, 5) is 2.40. The Hall–Kier alpha value is -1.15. The average molecular weight is 437 g/mol. The lowest BCUT2D eigenvalue weighted by Gasteiger charge is -2.43. The van der Waals surface area contributed by atoms with Crippen LogP contribution in [0.5, 0.6) is 5.75 Å². The van der Waals surface area contributed by atoms with Crippen LogP contribution in [-0.2, 0) is 14.8 Å². The van der Waals surface area contributed by atoms with Gasteiger partial charge in [0, 0.05) is 18.6 Å². The van der Waals surface area contributed by atoms with Crippen LogP contribution >= 0.6 is 0 Å². The minimum absolute atomic E-state index is 0.0415. The fourth-order valence-electron chi connectivity index (χ4n) is 5.38. The van der Waals surface area contributed by atoms with E-state index in [4.69, 9.17) is 9.47 Å². The van der Waals surface area contributed by atoms with Crippen molar-refractivity contribution in [3.05, 3.63) is 29.8 Å². The highest BCUT2D eigenvalue weighted by Gasteiger charge is 2.36. The van der Waals surface area contributed by atoms with Crippen molar-refractivity contribution in [3.63, 3.8) is 0 Å². The fourth-order valence-corrected chi connectivity index (χ4v) is 6.20. The topological polar surface area (TPSA) is 67.9 Å². The molecule has 1 aromatic rings. The van der Waals surface area contributed by atoms with Gasteiger partial charge in [0.05, 0.1) is 19.0 Å². The highest BCUT2D eigenvalue weighted by molar-refractivity contribution is 7.88. The number of piperidine rings is 1. The quantitative estimate of drug-likeness (QED) is 0.788. The number of nitrogens with zero attached hydrogens (tertiary/aromatic N) is 1. The van der Waals surface area contributed by atoms with Gasteiger partial charge in [-0.05, 0) is 69.0 Å². The number of rotatable bonds is 3. The maximum Gasteiger partial charge on any atom is 0.209 e. The average Bonchev–Trinajstić information content (AvgIpc) is 2.74. The van der Waals surface area contributed by atoms with Crippen molar-refractivity contribution in [1.82, 2.24) is 9.62 Å². The van der Waals surface area contributed by atoms with Gasteiger partial charge in [-0.25, -0.2) is 13.1 Å². The van der Waals surface area contributed by atoms with Gasteiger partial charge in [0.1, 0.15) is 11.9 Å². The molecule has 0 amide bonds. The lowest BCUT2D eigenvalue weighted by Crippen LogP contribution is -2.59. The maximum atomic E-state index is 12.0. The van der Waals surface area contributed by atoms with Crippen LogP contribution in [0.3, 0.4) is 0 Å². The smallest absolute Gasteiger partial charge is 0.209 e.